The molecule has 0 radical (unpaired) electrons. The van der Waals surface area contributed by atoms with Crippen molar-refractivity contribution in [2.24, 2.45) is 0 Å². The van der Waals surface area contributed by atoms with Gasteiger partial charge in [-0.2, -0.15) is 0 Å². The third kappa shape index (κ3) is 4.18. The molecule has 2 fully saturated rings. The fourth-order valence-electron chi connectivity index (χ4n) is 4.16. The van der Waals surface area contributed by atoms with Gasteiger partial charge in [-0.05, 0) is 61.7 Å². The first-order chi connectivity index (χ1) is 15.4. The van der Waals surface area contributed by atoms with Crippen molar-refractivity contribution in [2.75, 3.05) is 19.8 Å². The van der Waals surface area contributed by atoms with E-state index in [-0.39, 0.29) is 35.5 Å². The van der Waals surface area contributed by atoms with Crippen molar-refractivity contribution in [1.82, 2.24) is 4.90 Å². The van der Waals surface area contributed by atoms with Crippen molar-refractivity contribution in [1.29, 1.82) is 0 Å². The molecule has 0 saturated carbocycles. The summed E-state index contributed by atoms with van der Waals surface area (Å²) in [7, 11) is 0. The molecule has 2 aromatic carbocycles. The minimum absolute atomic E-state index is 0.0246. The van der Waals surface area contributed by atoms with Gasteiger partial charge in [0, 0.05) is 23.7 Å². The van der Waals surface area contributed by atoms with E-state index in [1.54, 1.807) is 43.3 Å². The van der Waals surface area contributed by atoms with Crippen LogP contribution in [0, 0.1) is 0 Å². The van der Waals surface area contributed by atoms with E-state index >= 15 is 0 Å². The Kier molecular flexibility index (Phi) is 6.39. The molecule has 2 saturated heterocycles. The third-order valence-corrected chi connectivity index (χ3v) is 5.93. The maximum Gasteiger partial charge on any atom is 0.295 e. The Morgan fingerprint density at radius 1 is 1.22 bits per heavy atom. The highest BCUT2D eigenvalue weighted by molar-refractivity contribution is 6.46. The van der Waals surface area contributed by atoms with Crippen LogP contribution in [-0.4, -0.2) is 52.7 Å². The Labute approximate surface area is 190 Å². The van der Waals surface area contributed by atoms with E-state index in [0.29, 0.717) is 29.4 Å². The fourth-order valence-corrected chi connectivity index (χ4v) is 4.28. The summed E-state index contributed by atoms with van der Waals surface area (Å²) in [6.45, 7) is 2.95. The van der Waals surface area contributed by atoms with Gasteiger partial charge in [-0.1, -0.05) is 17.7 Å². The molecule has 2 N–H and O–H groups in total. The van der Waals surface area contributed by atoms with Crippen molar-refractivity contribution in [3.63, 3.8) is 0 Å². The van der Waals surface area contributed by atoms with E-state index in [2.05, 4.69) is 0 Å². The normalized spacial score (nSPS) is 22.5. The van der Waals surface area contributed by atoms with Gasteiger partial charge >= 0.3 is 0 Å². The number of halogens is 1. The lowest BCUT2D eigenvalue weighted by atomic mass is 9.95. The minimum Gasteiger partial charge on any atom is -0.507 e. The lowest BCUT2D eigenvalue weighted by Crippen LogP contribution is -2.36. The number of amides is 1. The molecule has 1 amide bonds. The van der Waals surface area contributed by atoms with E-state index in [9.17, 15) is 19.8 Å². The molecular weight excluding hydrogens is 434 g/mol. The number of ether oxygens (including phenoxy) is 2. The second kappa shape index (κ2) is 9.22. The predicted octanol–water partition coefficient (Wildman–Crippen LogP) is 4.05. The quantitative estimate of drug-likeness (QED) is 0.386. The molecule has 2 aliphatic heterocycles. The zero-order valence-electron chi connectivity index (χ0n) is 17.6. The SMILES string of the molecule is CCOc1cc(C2C(=C(O)c3ccc(Cl)cc3)C(=O)C(=O)N2CC2CCCO2)ccc1O. The molecule has 2 aromatic rings. The number of phenols is 1. The minimum atomic E-state index is -0.852. The van der Waals surface area contributed by atoms with Gasteiger partial charge < -0.3 is 24.6 Å². The van der Waals surface area contributed by atoms with Crippen molar-refractivity contribution in [3.8, 4) is 11.5 Å². The van der Waals surface area contributed by atoms with Gasteiger partial charge in [-0.3, -0.25) is 9.59 Å². The number of carbonyl (C=O) groups is 2. The lowest BCUT2D eigenvalue weighted by Gasteiger charge is -2.27. The zero-order chi connectivity index (χ0) is 22.8. The van der Waals surface area contributed by atoms with E-state index in [0.717, 1.165) is 12.8 Å². The zero-order valence-corrected chi connectivity index (χ0v) is 18.3. The summed E-state index contributed by atoms with van der Waals surface area (Å²) in [4.78, 5) is 27.5. The Morgan fingerprint density at radius 2 is 1.97 bits per heavy atom. The number of hydrogen-bond donors (Lipinski definition) is 2. The van der Waals surface area contributed by atoms with Crippen molar-refractivity contribution in [3.05, 3.63) is 64.2 Å². The largest absolute Gasteiger partial charge is 0.507 e. The molecule has 4 rings (SSSR count). The molecule has 0 spiro atoms. The van der Waals surface area contributed by atoms with Gasteiger partial charge in [-0.25, -0.2) is 0 Å². The summed E-state index contributed by atoms with van der Waals surface area (Å²) in [5, 5.41) is 21.7. The molecule has 2 atom stereocenters. The molecule has 168 valence electrons. The highest BCUT2D eigenvalue weighted by Crippen LogP contribution is 2.42. The summed E-state index contributed by atoms with van der Waals surface area (Å²) in [5.41, 5.74) is 0.890. The first kappa shape index (κ1) is 22.2. The molecule has 2 heterocycles. The molecule has 8 heteroatoms. The molecule has 2 unspecified atom stereocenters. The smallest absolute Gasteiger partial charge is 0.295 e. The summed E-state index contributed by atoms with van der Waals surface area (Å²) in [6.07, 6.45) is 1.49. The van der Waals surface area contributed by atoms with Crippen LogP contribution in [0.5, 0.6) is 11.5 Å². The van der Waals surface area contributed by atoms with Crippen LogP contribution in [0.1, 0.15) is 36.9 Å². The number of hydrogen-bond acceptors (Lipinski definition) is 6. The maximum absolute atomic E-state index is 13.1. The van der Waals surface area contributed by atoms with Crippen LogP contribution in [0.15, 0.2) is 48.0 Å². The van der Waals surface area contributed by atoms with Crippen molar-refractivity contribution >= 4 is 29.1 Å². The fraction of sp³-hybridized carbons (Fsp3) is 0.333. The van der Waals surface area contributed by atoms with Gasteiger partial charge in [0.1, 0.15) is 5.76 Å². The molecule has 7 nitrogen and oxygen atoms in total. The highest BCUT2D eigenvalue weighted by atomic mass is 35.5. The standard InChI is InChI=1S/C24H24ClNO6/c1-2-31-19-12-15(7-10-18(19)27)21-20(22(28)14-5-8-16(25)9-6-14)23(29)24(30)26(21)13-17-4-3-11-32-17/h5-10,12,17,21,27-28H,2-4,11,13H2,1H3. The third-order valence-electron chi connectivity index (χ3n) is 5.68. The monoisotopic (exact) mass is 457 g/mol. The van der Waals surface area contributed by atoms with E-state index in [4.69, 9.17) is 21.1 Å². The van der Waals surface area contributed by atoms with Crippen LogP contribution in [0.2, 0.25) is 5.02 Å². The average molecular weight is 458 g/mol. The Balaban J connectivity index is 1.84. The molecule has 2 aliphatic rings. The molecular formula is C24H24ClNO6. The molecule has 0 aromatic heterocycles. The number of nitrogens with zero attached hydrogens (tertiary/aromatic N) is 1. The van der Waals surface area contributed by atoms with E-state index in [1.165, 1.54) is 11.0 Å². The number of aliphatic hydroxyl groups excluding tert-OH is 1. The number of likely N-dealkylation sites (tertiary alicyclic amines) is 1. The Bertz CT molecular complexity index is 1060. The van der Waals surface area contributed by atoms with Crippen LogP contribution in [0.4, 0.5) is 0 Å². The van der Waals surface area contributed by atoms with Gasteiger partial charge in [0.2, 0.25) is 0 Å². The second-order valence-corrected chi connectivity index (χ2v) is 8.19. The van der Waals surface area contributed by atoms with Crippen LogP contribution >= 0.6 is 11.6 Å². The molecule has 0 aliphatic carbocycles. The second-order valence-electron chi connectivity index (χ2n) is 7.75. The van der Waals surface area contributed by atoms with Crippen LogP contribution in [-0.2, 0) is 14.3 Å². The first-order valence-electron chi connectivity index (χ1n) is 10.5. The number of aromatic hydroxyl groups is 1. The van der Waals surface area contributed by atoms with Gasteiger partial charge in [0.05, 0.1) is 24.3 Å². The van der Waals surface area contributed by atoms with Gasteiger partial charge in [0.25, 0.3) is 11.7 Å². The summed E-state index contributed by atoms with van der Waals surface area (Å²) in [5.74, 6) is -1.58. The van der Waals surface area contributed by atoms with Crippen LogP contribution < -0.4 is 4.74 Å². The number of ketones is 1. The molecule has 0 bridgehead atoms. The number of Topliss-reactive ketones (excluding diaryl/α,β-unsaturated/α-hetero) is 1. The summed E-state index contributed by atoms with van der Waals surface area (Å²) < 4.78 is 11.2. The van der Waals surface area contributed by atoms with E-state index < -0.39 is 17.7 Å². The van der Waals surface area contributed by atoms with Gasteiger partial charge in [-0.15, -0.1) is 0 Å². The average Bonchev–Trinajstić information content (AvgIpc) is 3.38. The first-order valence-corrected chi connectivity index (χ1v) is 10.9. The Hall–Kier alpha value is -3.03. The topological polar surface area (TPSA) is 96.3 Å². The van der Waals surface area contributed by atoms with Crippen molar-refractivity contribution in [2.45, 2.75) is 31.9 Å². The number of benzene rings is 2. The number of carbonyl (C=O) groups excluding carboxylic acids is 2. The Morgan fingerprint density at radius 3 is 2.62 bits per heavy atom. The lowest BCUT2D eigenvalue weighted by molar-refractivity contribution is -0.140. The highest BCUT2D eigenvalue weighted by Gasteiger charge is 2.47. The number of phenolic OH excluding ortho intramolecular Hbond substituents is 1. The maximum atomic E-state index is 13.1. The van der Waals surface area contributed by atoms with Crippen LogP contribution in [0.3, 0.4) is 0 Å². The number of aliphatic hydroxyl groups is 1. The van der Waals surface area contributed by atoms with Crippen molar-refractivity contribution < 1.29 is 29.3 Å². The summed E-state index contributed by atoms with van der Waals surface area (Å²) >= 11 is 5.95. The van der Waals surface area contributed by atoms with Gasteiger partial charge in [0.15, 0.2) is 11.5 Å². The summed E-state index contributed by atoms with van der Waals surface area (Å²) in [6, 6.07) is 10.2. The number of rotatable bonds is 6. The molecule has 32 heavy (non-hydrogen) atoms. The predicted molar refractivity (Wildman–Crippen MR) is 119 cm³/mol. The van der Waals surface area contributed by atoms with E-state index in [1.807, 2.05) is 0 Å². The van der Waals surface area contributed by atoms with Crippen LogP contribution in [0.25, 0.3) is 5.76 Å².